The van der Waals surface area contributed by atoms with Gasteiger partial charge in [-0.2, -0.15) is 0 Å². The largest absolute Gasteiger partial charge is 0.467 e. The highest BCUT2D eigenvalue weighted by Gasteiger charge is 2.41. The second-order valence-electron chi connectivity index (χ2n) is 7.41. The Hall–Kier alpha value is -2.32. The topological polar surface area (TPSA) is 111 Å². The van der Waals surface area contributed by atoms with Crippen LogP contribution in [0.5, 0.6) is 0 Å². The molecule has 1 rings (SSSR count). The van der Waals surface area contributed by atoms with Gasteiger partial charge >= 0.3 is 12.1 Å². The Morgan fingerprint density at radius 3 is 2.44 bits per heavy atom. The third-order valence-corrected chi connectivity index (χ3v) is 4.23. The lowest BCUT2D eigenvalue weighted by Crippen LogP contribution is -2.60. The van der Waals surface area contributed by atoms with Crippen LogP contribution in [0.4, 0.5) is 4.79 Å². The molecule has 9 heteroatoms. The number of alkyl carbamates (subject to hydrolysis) is 1. The van der Waals surface area contributed by atoms with Crippen molar-refractivity contribution in [1.82, 2.24) is 10.2 Å². The number of piperidine rings is 1. The molecular formula is C18H30N2O7. The number of hydrogen-bond donors (Lipinski definition) is 1. The van der Waals surface area contributed by atoms with Crippen molar-refractivity contribution in [3.8, 4) is 0 Å². The van der Waals surface area contributed by atoms with Gasteiger partial charge in [-0.05, 0) is 46.5 Å². The summed E-state index contributed by atoms with van der Waals surface area (Å²) in [5, 5.41) is 2.56. The fraction of sp³-hybridized carbons (Fsp3) is 0.778. The fourth-order valence-corrected chi connectivity index (χ4v) is 3.06. The number of esters is 1. The van der Waals surface area contributed by atoms with Crippen molar-refractivity contribution in [3.05, 3.63) is 0 Å². The van der Waals surface area contributed by atoms with E-state index in [2.05, 4.69) is 5.32 Å². The maximum Gasteiger partial charge on any atom is 0.408 e. The second-order valence-corrected chi connectivity index (χ2v) is 7.41. The molecule has 0 aromatic rings. The first-order chi connectivity index (χ1) is 12.6. The summed E-state index contributed by atoms with van der Waals surface area (Å²) in [7, 11) is 1.26. The van der Waals surface area contributed by atoms with Crippen molar-refractivity contribution in [3.63, 3.8) is 0 Å². The second kappa shape index (κ2) is 10.1. The lowest BCUT2D eigenvalue weighted by Gasteiger charge is -2.41. The minimum Gasteiger partial charge on any atom is -0.467 e. The zero-order chi connectivity index (χ0) is 20.6. The molecule has 0 aromatic heterocycles. The van der Waals surface area contributed by atoms with Crippen LogP contribution in [0, 0.1) is 0 Å². The number of nitrogens with one attached hydrogen (secondary N) is 1. The molecule has 9 nitrogen and oxygen atoms in total. The van der Waals surface area contributed by atoms with Gasteiger partial charge in [0.05, 0.1) is 13.2 Å². The fourth-order valence-electron chi connectivity index (χ4n) is 3.06. The van der Waals surface area contributed by atoms with Crippen molar-refractivity contribution in [2.45, 2.75) is 77.1 Å². The molecule has 0 aromatic carbocycles. The number of carbonyl (C=O) groups is 4. The molecule has 1 N–H and O–H groups in total. The van der Waals surface area contributed by atoms with Crippen LogP contribution in [0.1, 0.15) is 53.4 Å². The highest BCUT2D eigenvalue weighted by molar-refractivity contribution is 5.90. The van der Waals surface area contributed by atoms with Crippen molar-refractivity contribution in [1.29, 1.82) is 0 Å². The Morgan fingerprint density at radius 2 is 1.93 bits per heavy atom. The van der Waals surface area contributed by atoms with Crippen LogP contribution in [-0.2, 0) is 28.6 Å². The summed E-state index contributed by atoms with van der Waals surface area (Å²) in [4.78, 5) is 49.3. The zero-order valence-corrected chi connectivity index (χ0v) is 16.6. The van der Waals surface area contributed by atoms with E-state index < -0.39 is 41.7 Å². The number of likely N-dealkylation sites (tertiary alicyclic amines) is 1. The summed E-state index contributed by atoms with van der Waals surface area (Å²) >= 11 is 0. The molecule has 1 fully saturated rings. The monoisotopic (exact) mass is 386 g/mol. The van der Waals surface area contributed by atoms with E-state index in [9.17, 15) is 19.2 Å². The molecule has 2 amide bonds. The summed E-state index contributed by atoms with van der Waals surface area (Å²) in [6.45, 7) is 7.19. The maximum atomic E-state index is 13.1. The predicted octanol–water partition coefficient (Wildman–Crippen LogP) is 1.39. The van der Waals surface area contributed by atoms with Crippen molar-refractivity contribution in [2.75, 3.05) is 13.7 Å². The summed E-state index contributed by atoms with van der Waals surface area (Å²) < 4.78 is 14.9. The van der Waals surface area contributed by atoms with Gasteiger partial charge in [0.2, 0.25) is 5.91 Å². The van der Waals surface area contributed by atoms with E-state index in [1.54, 1.807) is 27.7 Å². The first kappa shape index (κ1) is 22.7. The molecule has 0 spiro atoms. The Labute approximate surface area is 159 Å². The molecule has 3 atom stereocenters. The van der Waals surface area contributed by atoms with Gasteiger partial charge in [0.15, 0.2) is 0 Å². The van der Waals surface area contributed by atoms with Crippen LogP contribution in [0.2, 0.25) is 0 Å². The van der Waals surface area contributed by atoms with E-state index in [1.807, 2.05) is 0 Å². The molecule has 0 unspecified atom stereocenters. The molecule has 1 aliphatic heterocycles. The van der Waals surface area contributed by atoms with E-state index in [0.29, 0.717) is 32.2 Å². The molecule has 1 aliphatic rings. The van der Waals surface area contributed by atoms with E-state index in [4.69, 9.17) is 14.2 Å². The van der Waals surface area contributed by atoms with Crippen molar-refractivity contribution >= 4 is 24.4 Å². The Kier molecular flexibility index (Phi) is 8.52. The standard InChI is InChI=1S/C18H30N2O7/c1-6-13(19-17(24)27-18(2,3)4)15(22)20-12(10-26-11-21)8-7-9-14(20)16(23)25-5/h11-14H,6-10H2,1-5H3,(H,19,24)/t12-,13+,14+/m1/s1. The van der Waals surface area contributed by atoms with Gasteiger partial charge in [0, 0.05) is 0 Å². The van der Waals surface area contributed by atoms with Crippen LogP contribution in [-0.4, -0.2) is 66.8 Å². The average Bonchev–Trinajstić information content (AvgIpc) is 2.61. The number of amides is 2. The molecule has 1 heterocycles. The number of rotatable bonds is 7. The van der Waals surface area contributed by atoms with Crippen LogP contribution in [0.15, 0.2) is 0 Å². The molecule has 27 heavy (non-hydrogen) atoms. The molecular weight excluding hydrogens is 356 g/mol. The lowest BCUT2D eigenvalue weighted by atomic mass is 9.94. The van der Waals surface area contributed by atoms with E-state index >= 15 is 0 Å². The van der Waals surface area contributed by atoms with Crippen LogP contribution in [0.3, 0.4) is 0 Å². The van der Waals surface area contributed by atoms with Gasteiger partial charge in [-0.25, -0.2) is 9.59 Å². The predicted molar refractivity (Wildman–Crippen MR) is 95.8 cm³/mol. The Morgan fingerprint density at radius 1 is 1.26 bits per heavy atom. The summed E-state index contributed by atoms with van der Waals surface area (Å²) in [6, 6.07) is -2.12. The highest BCUT2D eigenvalue weighted by atomic mass is 16.6. The van der Waals surface area contributed by atoms with Gasteiger partial charge < -0.3 is 24.4 Å². The number of carbonyl (C=O) groups excluding carboxylic acids is 4. The minimum absolute atomic E-state index is 0.0222. The number of nitrogens with zero attached hydrogens (tertiary/aromatic N) is 1. The normalized spacial score (nSPS) is 21.0. The minimum atomic E-state index is -0.871. The smallest absolute Gasteiger partial charge is 0.408 e. The number of hydrogen-bond acceptors (Lipinski definition) is 7. The molecule has 154 valence electrons. The van der Waals surface area contributed by atoms with E-state index in [0.717, 1.165) is 0 Å². The third-order valence-electron chi connectivity index (χ3n) is 4.23. The SMILES string of the molecule is CC[C@H](NC(=O)OC(C)(C)C)C(=O)N1[C@@H](COC=O)CCC[C@H]1C(=O)OC. The third kappa shape index (κ3) is 6.73. The van der Waals surface area contributed by atoms with Crippen molar-refractivity contribution in [2.24, 2.45) is 0 Å². The number of ether oxygens (including phenoxy) is 3. The summed E-state index contributed by atoms with van der Waals surface area (Å²) in [5.74, 6) is -0.968. The Balaban J connectivity index is 3.01. The molecule has 0 saturated carbocycles. The zero-order valence-electron chi connectivity index (χ0n) is 16.6. The highest BCUT2D eigenvalue weighted by Crippen LogP contribution is 2.25. The van der Waals surface area contributed by atoms with Gasteiger partial charge in [0.1, 0.15) is 24.3 Å². The Bertz CT molecular complexity index is 544. The van der Waals surface area contributed by atoms with Gasteiger partial charge in [-0.15, -0.1) is 0 Å². The van der Waals surface area contributed by atoms with Crippen molar-refractivity contribution < 1.29 is 33.4 Å². The summed E-state index contributed by atoms with van der Waals surface area (Å²) in [6.07, 6.45) is 1.31. The quantitative estimate of drug-likeness (QED) is 0.400. The molecule has 1 saturated heterocycles. The first-order valence-corrected chi connectivity index (χ1v) is 9.09. The van der Waals surface area contributed by atoms with E-state index in [-0.39, 0.29) is 6.61 Å². The molecule has 0 bridgehead atoms. The molecule has 0 aliphatic carbocycles. The molecule has 0 radical (unpaired) electrons. The lowest BCUT2D eigenvalue weighted by molar-refractivity contribution is -0.160. The van der Waals surface area contributed by atoms with Crippen LogP contribution >= 0.6 is 0 Å². The average molecular weight is 386 g/mol. The summed E-state index contributed by atoms with van der Waals surface area (Å²) in [5.41, 5.74) is -0.703. The van der Waals surface area contributed by atoms with E-state index in [1.165, 1.54) is 12.0 Å². The van der Waals surface area contributed by atoms with Gasteiger partial charge in [0.25, 0.3) is 6.47 Å². The first-order valence-electron chi connectivity index (χ1n) is 9.09. The van der Waals surface area contributed by atoms with Gasteiger partial charge in [-0.1, -0.05) is 6.92 Å². The van der Waals surface area contributed by atoms with Crippen LogP contribution in [0.25, 0.3) is 0 Å². The van der Waals surface area contributed by atoms with Gasteiger partial charge in [-0.3, -0.25) is 9.59 Å². The maximum absolute atomic E-state index is 13.1. The number of methoxy groups -OCH3 is 1. The van der Waals surface area contributed by atoms with Crippen LogP contribution < -0.4 is 5.32 Å².